The number of hydrogen-bond acceptors (Lipinski definition) is 4. The lowest BCUT2D eigenvalue weighted by atomic mass is 10.2. The van der Waals surface area contributed by atoms with Crippen molar-refractivity contribution in [3.63, 3.8) is 0 Å². The second kappa shape index (κ2) is 6.17. The molecular weight excluding hydrogens is 248 g/mol. The number of benzene rings is 1. The van der Waals surface area contributed by atoms with Crippen LogP contribution in [0.2, 0.25) is 0 Å². The van der Waals surface area contributed by atoms with Gasteiger partial charge in [-0.25, -0.2) is 4.79 Å². The molecule has 0 radical (unpaired) electrons. The highest BCUT2D eigenvalue weighted by Crippen LogP contribution is 2.18. The maximum atomic E-state index is 11.9. The van der Waals surface area contributed by atoms with E-state index in [4.69, 9.17) is 4.74 Å². The number of nitrogens with zero attached hydrogens (tertiary/aromatic N) is 2. The highest BCUT2D eigenvalue weighted by Gasteiger charge is 2.33. The average Bonchev–Trinajstić information content (AvgIpc) is 2.84. The Balaban J connectivity index is 1.87. The summed E-state index contributed by atoms with van der Waals surface area (Å²) in [5.41, 5.74) is 0.904. The first-order valence-electron chi connectivity index (χ1n) is 6.26. The zero-order chi connectivity index (χ0) is 13.7. The average molecular weight is 264 g/mol. The number of ether oxygens (including phenoxy) is 1. The maximum absolute atomic E-state index is 11.9. The molecule has 1 saturated heterocycles. The number of hydrogen-bond donors (Lipinski definition) is 0. The predicted molar refractivity (Wildman–Crippen MR) is 68.2 cm³/mol. The minimum Gasteiger partial charge on any atom is -0.445 e. The fraction of sp³-hybridized carbons (Fsp3) is 0.462. The lowest BCUT2D eigenvalue weighted by molar-refractivity contribution is -0.485. The molecule has 1 aromatic rings. The van der Waals surface area contributed by atoms with Crippen LogP contribution in [0.3, 0.4) is 0 Å². The van der Waals surface area contributed by atoms with E-state index in [-0.39, 0.29) is 24.1 Å². The molecule has 2 rings (SSSR count). The van der Waals surface area contributed by atoms with Gasteiger partial charge in [-0.3, -0.25) is 15.0 Å². The van der Waals surface area contributed by atoms with E-state index in [0.717, 1.165) is 12.0 Å². The predicted octanol–water partition coefficient (Wildman–Crippen LogP) is 2.06. The lowest BCUT2D eigenvalue weighted by Crippen LogP contribution is -2.39. The standard InChI is InChI=1S/C13H16N2O4/c16-13(19-10-11-5-2-1-3-6-11)14-8-4-7-12(14)9-15(17)18/h1-3,5-6,12H,4,7-10H2. The monoisotopic (exact) mass is 264 g/mol. The molecule has 1 aromatic carbocycles. The number of carbonyl (C=O) groups is 1. The zero-order valence-corrected chi connectivity index (χ0v) is 10.5. The van der Waals surface area contributed by atoms with Crippen molar-refractivity contribution in [3.8, 4) is 0 Å². The topological polar surface area (TPSA) is 72.7 Å². The quantitative estimate of drug-likeness (QED) is 0.616. The molecule has 0 N–H and O–H groups in total. The van der Waals surface area contributed by atoms with Gasteiger partial charge < -0.3 is 4.74 Å². The van der Waals surface area contributed by atoms with Gasteiger partial charge in [-0.2, -0.15) is 0 Å². The Morgan fingerprint density at radius 2 is 2.16 bits per heavy atom. The Labute approximate surface area is 111 Å². The van der Waals surface area contributed by atoms with E-state index in [1.807, 2.05) is 30.3 Å². The van der Waals surface area contributed by atoms with Gasteiger partial charge in [-0.1, -0.05) is 30.3 Å². The summed E-state index contributed by atoms with van der Waals surface area (Å²) in [6.07, 6.45) is 0.994. The Morgan fingerprint density at radius 3 is 2.84 bits per heavy atom. The minimum atomic E-state index is -0.465. The van der Waals surface area contributed by atoms with Crippen LogP contribution in [0.4, 0.5) is 4.79 Å². The summed E-state index contributed by atoms with van der Waals surface area (Å²) in [6, 6.07) is 9.03. The van der Waals surface area contributed by atoms with E-state index >= 15 is 0 Å². The molecule has 1 atom stereocenters. The molecule has 0 aromatic heterocycles. The largest absolute Gasteiger partial charge is 0.445 e. The highest BCUT2D eigenvalue weighted by molar-refractivity contribution is 5.68. The molecule has 1 aliphatic rings. The Kier molecular flexibility index (Phi) is 4.33. The molecular formula is C13H16N2O4. The third kappa shape index (κ3) is 3.67. The van der Waals surface area contributed by atoms with Crippen molar-refractivity contribution in [1.82, 2.24) is 4.90 Å². The van der Waals surface area contributed by atoms with Crippen molar-refractivity contribution in [1.29, 1.82) is 0 Å². The Morgan fingerprint density at radius 1 is 1.42 bits per heavy atom. The van der Waals surface area contributed by atoms with Crippen LogP contribution in [0.15, 0.2) is 30.3 Å². The van der Waals surface area contributed by atoms with Crippen LogP contribution in [0.1, 0.15) is 18.4 Å². The molecule has 0 aliphatic carbocycles. The van der Waals surface area contributed by atoms with E-state index in [9.17, 15) is 14.9 Å². The number of nitro groups is 1. The molecule has 1 heterocycles. The van der Waals surface area contributed by atoms with Crippen molar-refractivity contribution in [2.45, 2.75) is 25.5 Å². The molecule has 102 valence electrons. The van der Waals surface area contributed by atoms with Gasteiger partial charge >= 0.3 is 6.09 Å². The van der Waals surface area contributed by atoms with Gasteiger partial charge in [0, 0.05) is 11.5 Å². The van der Waals surface area contributed by atoms with Gasteiger partial charge in [0.25, 0.3) is 0 Å². The van der Waals surface area contributed by atoms with Gasteiger partial charge in [0.1, 0.15) is 6.61 Å². The van der Waals surface area contributed by atoms with E-state index in [2.05, 4.69) is 0 Å². The smallest absolute Gasteiger partial charge is 0.410 e. The Hall–Kier alpha value is -2.11. The van der Waals surface area contributed by atoms with Crippen LogP contribution in [-0.4, -0.2) is 35.0 Å². The summed E-state index contributed by atoms with van der Waals surface area (Å²) >= 11 is 0. The molecule has 1 unspecified atom stereocenters. The Bertz CT molecular complexity index is 449. The molecule has 6 heteroatoms. The first kappa shape index (κ1) is 13.3. The third-order valence-corrected chi connectivity index (χ3v) is 3.18. The van der Waals surface area contributed by atoms with Crippen molar-refractivity contribution in [2.75, 3.05) is 13.1 Å². The van der Waals surface area contributed by atoms with Gasteiger partial charge in [-0.05, 0) is 18.4 Å². The van der Waals surface area contributed by atoms with Crippen molar-refractivity contribution in [2.24, 2.45) is 0 Å². The molecule has 19 heavy (non-hydrogen) atoms. The molecule has 0 spiro atoms. The van der Waals surface area contributed by atoms with Gasteiger partial charge in [-0.15, -0.1) is 0 Å². The fourth-order valence-corrected chi connectivity index (χ4v) is 2.24. The van der Waals surface area contributed by atoms with Gasteiger partial charge in [0.15, 0.2) is 0 Å². The van der Waals surface area contributed by atoms with Crippen LogP contribution in [0.5, 0.6) is 0 Å². The molecule has 1 aliphatic heterocycles. The molecule has 1 amide bonds. The van der Waals surface area contributed by atoms with E-state index in [1.54, 1.807) is 0 Å². The van der Waals surface area contributed by atoms with Crippen LogP contribution >= 0.6 is 0 Å². The van der Waals surface area contributed by atoms with E-state index in [0.29, 0.717) is 13.0 Å². The summed E-state index contributed by atoms with van der Waals surface area (Å²) in [6.45, 7) is 0.522. The first-order chi connectivity index (χ1) is 9.16. The van der Waals surface area contributed by atoms with Crippen LogP contribution in [0, 0.1) is 10.1 Å². The van der Waals surface area contributed by atoms with Crippen molar-refractivity contribution >= 4 is 6.09 Å². The maximum Gasteiger partial charge on any atom is 0.410 e. The SMILES string of the molecule is O=C(OCc1ccccc1)N1CCCC1C[N+](=O)[O-]. The van der Waals surface area contributed by atoms with Crippen molar-refractivity contribution in [3.05, 3.63) is 46.0 Å². The first-order valence-corrected chi connectivity index (χ1v) is 6.26. The molecule has 6 nitrogen and oxygen atoms in total. The normalized spacial score (nSPS) is 18.3. The van der Waals surface area contributed by atoms with Crippen LogP contribution < -0.4 is 0 Å². The summed E-state index contributed by atoms with van der Waals surface area (Å²) in [7, 11) is 0. The molecule has 0 bridgehead atoms. The summed E-state index contributed by atoms with van der Waals surface area (Å²) in [5.74, 6) is 0. The minimum absolute atomic E-state index is 0.196. The van der Waals surface area contributed by atoms with Crippen LogP contribution in [0.25, 0.3) is 0 Å². The summed E-state index contributed by atoms with van der Waals surface area (Å²) in [4.78, 5) is 23.5. The summed E-state index contributed by atoms with van der Waals surface area (Å²) < 4.78 is 5.19. The van der Waals surface area contributed by atoms with Crippen molar-refractivity contribution < 1.29 is 14.5 Å². The number of rotatable bonds is 4. The highest BCUT2D eigenvalue weighted by atomic mass is 16.6. The third-order valence-electron chi connectivity index (χ3n) is 3.18. The number of likely N-dealkylation sites (tertiary alicyclic amines) is 1. The second-order valence-corrected chi connectivity index (χ2v) is 4.54. The molecule has 1 fully saturated rings. The van der Waals surface area contributed by atoms with Gasteiger partial charge in [0.05, 0.1) is 6.04 Å². The number of amides is 1. The van der Waals surface area contributed by atoms with Crippen LogP contribution in [-0.2, 0) is 11.3 Å². The second-order valence-electron chi connectivity index (χ2n) is 4.54. The lowest BCUT2D eigenvalue weighted by Gasteiger charge is -2.21. The zero-order valence-electron chi connectivity index (χ0n) is 10.5. The number of carbonyl (C=O) groups excluding carboxylic acids is 1. The van der Waals surface area contributed by atoms with Gasteiger partial charge in [0.2, 0.25) is 6.54 Å². The molecule has 0 saturated carbocycles. The van der Waals surface area contributed by atoms with E-state index in [1.165, 1.54) is 4.90 Å². The fourth-order valence-electron chi connectivity index (χ4n) is 2.24. The summed E-state index contributed by atoms with van der Waals surface area (Å²) in [5, 5.41) is 10.5. The van der Waals surface area contributed by atoms with E-state index < -0.39 is 6.09 Å².